The number of hydrogen-bond donors (Lipinski definition) is 2. The molecule has 0 spiro atoms. The topological polar surface area (TPSA) is 74.6 Å². The van der Waals surface area contributed by atoms with Crippen molar-refractivity contribution in [1.82, 2.24) is 0 Å². The van der Waals surface area contributed by atoms with Gasteiger partial charge in [-0.15, -0.1) is 0 Å². The fourth-order valence-electron chi connectivity index (χ4n) is 0.754. The number of carboxylic acid groups (broad SMARTS) is 1. The number of aliphatic hydroxyl groups is 1. The van der Waals surface area contributed by atoms with E-state index in [1.807, 2.05) is 0 Å². The first-order valence-electron chi connectivity index (χ1n) is 3.71. The molecule has 0 aromatic rings. The second-order valence-corrected chi connectivity index (χ2v) is 3.36. The van der Waals surface area contributed by atoms with Crippen molar-refractivity contribution in [2.45, 2.75) is 20.8 Å². The molecule has 0 bridgehead atoms. The Morgan fingerprint density at radius 1 is 1.42 bits per heavy atom. The average molecular weight is 174 g/mol. The number of ketones is 1. The molecule has 12 heavy (non-hydrogen) atoms. The van der Waals surface area contributed by atoms with E-state index in [9.17, 15) is 9.59 Å². The molecule has 0 aliphatic carbocycles. The van der Waals surface area contributed by atoms with Crippen LogP contribution in [-0.2, 0) is 9.59 Å². The van der Waals surface area contributed by atoms with Gasteiger partial charge in [-0.25, -0.2) is 0 Å². The van der Waals surface area contributed by atoms with E-state index < -0.39 is 29.7 Å². The van der Waals surface area contributed by atoms with E-state index in [2.05, 4.69) is 0 Å². The monoisotopic (exact) mass is 174 g/mol. The average Bonchev–Trinajstić information content (AvgIpc) is 2.01. The Balaban J connectivity index is 4.60. The molecular formula is C8H14O4. The van der Waals surface area contributed by atoms with Crippen molar-refractivity contribution in [2.75, 3.05) is 6.61 Å². The highest BCUT2D eigenvalue weighted by atomic mass is 16.4. The van der Waals surface area contributed by atoms with Crippen LogP contribution in [0.2, 0.25) is 0 Å². The summed E-state index contributed by atoms with van der Waals surface area (Å²) >= 11 is 0. The summed E-state index contributed by atoms with van der Waals surface area (Å²) in [6, 6.07) is 0. The minimum absolute atomic E-state index is 0.447. The predicted molar refractivity (Wildman–Crippen MR) is 42.7 cm³/mol. The first-order valence-corrected chi connectivity index (χ1v) is 3.71. The largest absolute Gasteiger partial charge is 0.481 e. The molecule has 0 aliphatic rings. The van der Waals surface area contributed by atoms with Gasteiger partial charge in [-0.2, -0.15) is 0 Å². The Hall–Kier alpha value is -0.900. The Labute approximate surface area is 71.2 Å². The highest BCUT2D eigenvalue weighted by Crippen LogP contribution is 2.27. The number of carboxylic acids is 1. The molecule has 0 aromatic heterocycles. The minimum Gasteiger partial charge on any atom is -0.481 e. The van der Waals surface area contributed by atoms with Gasteiger partial charge >= 0.3 is 5.97 Å². The Kier molecular flexibility index (Phi) is 3.39. The third kappa shape index (κ3) is 2.04. The van der Waals surface area contributed by atoms with Gasteiger partial charge in [0.15, 0.2) is 5.78 Å². The van der Waals surface area contributed by atoms with Crippen molar-refractivity contribution in [2.24, 2.45) is 11.3 Å². The second-order valence-electron chi connectivity index (χ2n) is 3.36. The summed E-state index contributed by atoms with van der Waals surface area (Å²) in [5.74, 6) is -2.25. The van der Waals surface area contributed by atoms with Crippen LogP contribution in [0.15, 0.2) is 0 Å². The first-order chi connectivity index (χ1) is 5.34. The van der Waals surface area contributed by atoms with Gasteiger partial charge in [-0.3, -0.25) is 9.59 Å². The van der Waals surface area contributed by atoms with Gasteiger partial charge in [0.2, 0.25) is 0 Å². The lowest BCUT2D eigenvalue weighted by molar-refractivity contribution is -0.150. The molecule has 1 atom stereocenters. The van der Waals surface area contributed by atoms with E-state index >= 15 is 0 Å². The lowest BCUT2D eigenvalue weighted by Crippen LogP contribution is -2.37. The van der Waals surface area contributed by atoms with Crippen LogP contribution < -0.4 is 0 Å². The molecule has 0 fully saturated rings. The van der Waals surface area contributed by atoms with Gasteiger partial charge < -0.3 is 10.2 Å². The molecule has 0 saturated carbocycles. The van der Waals surface area contributed by atoms with Crippen molar-refractivity contribution < 1.29 is 19.8 Å². The summed E-state index contributed by atoms with van der Waals surface area (Å²) in [5, 5.41) is 17.2. The van der Waals surface area contributed by atoms with E-state index in [0.717, 1.165) is 0 Å². The summed E-state index contributed by atoms with van der Waals surface area (Å²) < 4.78 is 0. The van der Waals surface area contributed by atoms with E-state index in [1.54, 1.807) is 0 Å². The molecule has 2 N–H and O–H groups in total. The van der Waals surface area contributed by atoms with Crippen molar-refractivity contribution >= 4 is 11.8 Å². The smallest absolute Gasteiger partial charge is 0.307 e. The maximum atomic E-state index is 11.1. The van der Waals surface area contributed by atoms with E-state index in [0.29, 0.717) is 0 Å². The third-order valence-electron chi connectivity index (χ3n) is 2.32. The maximum Gasteiger partial charge on any atom is 0.307 e. The summed E-state index contributed by atoms with van der Waals surface area (Å²) in [5.41, 5.74) is -0.999. The lowest BCUT2D eigenvalue weighted by Gasteiger charge is -2.26. The third-order valence-corrected chi connectivity index (χ3v) is 2.32. The Morgan fingerprint density at radius 2 is 1.83 bits per heavy atom. The number of aliphatic carboxylic acids is 1. The van der Waals surface area contributed by atoms with Crippen LogP contribution in [0.5, 0.6) is 0 Å². The predicted octanol–water partition coefficient (Wildman–Crippen LogP) is 0.295. The standard InChI is InChI=1S/C8H14O4/c1-5(7(11)12)8(2,3)6(10)4-9/h5,9H,4H2,1-3H3,(H,11,12). The number of rotatable bonds is 4. The van der Waals surface area contributed by atoms with Crippen molar-refractivity contribution in [3.05, 3.63) is 0 Å². The van der Waals surface area contributed by atoms with Gasteiger partial charge in [0.25, 0.3) is 0 Å². The van der Waals surface area contributed by atoms with E-state index in [-0.39, 0.29) is 0 Å². The van der Waals surface area contributed by atoms with E-state index in [1.165, 1.54) is 20.8 Å². The quantitative estimate of drug-likeness (QED) is 0.642. The molecule has 4 heteroatoms. The van der Waals surface area contributed by atoms with Crippen LogP contribution >= 0.6 is 0 Å². The number of hydrogen-bond acceptors (Lipinski definition) is 3. The number of aliphatic hydroxyl groups excluding tert-OH is 1. The Bertz CT molecular complexity index is 195. The van der Waals surface area contributed by atoms with Gasteiger partial charge in [0.05, 0.1) is 5.92 Å². The Morgan fingerprint density at radius 3 is 2.08 bits per heavy atom. The zero-order chi connectivity index (χ0) is 9.94. The molecule has 0 aliphatic heterocycles. The molecule has 0 radical (unpaired) electrons. The normalized spacial score (nSPS) is 14.0. The highest BCUT2D eigenvalue weighted by Gasteiger charge is 2.37. The van der Waals surface area contributed by atoms with Gasteiger partial charge in [0.1, 0.15) is 6.61 Å². The molecule has 0 amide bonds. The minimum atomic E-state index is -1.03. The van der Waals surface area contributed by atoms with Crippen LogP contribution in [0.4, 0.5) is 0 Å². The van der Waals surface area contributed by atoms with Crippen LogP contribution in [0.3, 0.4) is 0 Å². The molecule has 70 valence electrons. The molecule has 1 unspecified atom stereocenters. The number of carbonyl (C=O) groups excluding carboxylic acids is 1. The molecule has 0 heterocycles. The molecule has 4 nitrogen and oxygen atoms in total. The zero-order valence-corrected chi connectivity index (χ0v) is 7.50. The fourth-order valence-corrected chi connectivity index (χ4v) is 0.754. The fraction of sp³-hybridized carbons (Fsp3) is 0.750. The lowest BCUT2D eigenvalue weighted by atomic mass is 9.76. The van der Waals surface area contributed by atoms with Gasteiger partial charge in [-0.05, 0) is 0 Å². The maximum absolute atomic E-state index is 11.1. The summed E-state index contributed by atoms with van der Waals surface area (Å²) in [4.78, 5) is 21.6. The van der Waals surface area contributed by atoms with Gasteiger partial charge in [-0.1, -0.05) is 20.8 Å². The van der Waals surface area contributed by atoms with Crippen molar-refractivity contribution in [3.63, 3.8) is 0 Å². The number of Topliss-reactive ketones (excluding diaryl/α,β-unsaturated/α-hetero) is 1. The van der Waals surface area contributed by atoms with Gasteiger partial charge in [0, 0.05) is 5.41 Å². The molecule has 0 rings (SSSR count). The SMILES string of the molecule is CC(C(=O)O)C(C)(C)C(=O)CO. The van der Waals surface area contributed by atoms with Crippen LogP contribution in [0.1, 0.15) is 20.8 Å². The van der Waals surface area contributed by atoms with E-state index in [4.69, 9.17) is 10.2 Å². The second kappa shape index (κ2) is 3.67. The number of carbonyl (C=O) groups is 2. The van der Waals surface area contributed by atoms with Crippen molar-refractivity contribution in [3.8, 4) is 0 Å². The molecule has 0 saturated heterocycles. The summed E-state index contributed by atoms with van der Waals surface area (Å²) in [6.45, 7) is 3.88. The summed E-state index contributed by atoms with van der Waals surface area (Å²) in [6.07, 6.45) is 0. The van der Waals surface area contributed by atoms with Crippen molar-refractivity contribution in [1.29, 1.82) is 0 Å². The molecular weight excluding hydrogens is 160 g/mol. The first kappa shape index (κ1) is 11.1. The zero-order valence-electron chi connectivity index (χ0n) is 7.50. The highest BCUT2D eigenvalue weighted by molar-refractivity contribution is 5.89. The van der Waals surface area contributed by atoms with Crippen LogP contribution in [0.25, 0.3) is 0 Å². The summed E-state index contributed by atoms with van der Waals surface area (Å²) in [7, 11) is 0. The van der Waals surface area contributed by atoms with Crippen LogP contribution in [0, 0.1) is 11.3 Å². The molecule has 0 aromatic carbocycles. The van der Waals surface area contributed by atoms with Crippen LogP contribution in [-0.4, -0.2) is 28.6 Å².